The molecule has 3 N–H and O–H groups in total. The van der Waals surface area contributed by atoms with Crippen molar-refractivity contribution >= 4 is 14.8 Å². The van der Waals surface area contributed by atoms with E-state index in [1.807, 2.05) is 20.8 Å². The Morgan fingerprint density at radius 3 is 2.22 bits per heavy atom. The van der Waals surface area contributed by atoms with Crippen LogP contribution in [0.5, 0.6) is 0 Å². The number of carbonyl (C=O) groups is 1. The molecule has 0 heterocycles. The van der Waals surface area contributed by atoms with Gasteiger partial charge in [0.15, 0.2) is 0 Å². The third kappa shape index (κ3) is 7.65. The molecule has 108 valence electrons. The van der Waals surface area contributed by atoms with Crippen molar-refractivity contribution in [3.05, 3.63) is 0 Å². The molecule has 18 heavy (non-hydrogen) atoms. The minimum Gasteiger partial charge on any atom is -0.374 e. The Morgan fingerprint density at radius 1 is 1.17 bits per heavy atom. The molecule has 0 aromatic heterocycles. The third-order valence-corrected chi connectivity index (χ3v) is 5.28. The summed E-state index contributed by atoms with van der Waals surface area (Å²) >= 11 is 0. The lowest BCUT2D eigenvalue weighted by Gasteiger charge is -2.28. The minimum atomic E-state index is -2.58. The number of nitrogens with two attached hydrogens (primary N) is 1. The van der Waals surface area contributed by atoms with Crippen LogP contribution in [0.15, 0.2) is 0 Å². The van der Waals surface area contributed by atoms with Gasteiger partial charge in [0.2, 0.25) is 0 Å². The van der Waals surface area contributed by atoms with Crippen molar-refractivity contribution in [1.29, 1.82) is 0 Å². The van der Waals surface area contributed by atoms with Crippen molar-refractivity contribution in [3.8, 4) is 0 Å². The molecule has 0 aromatic rings. The lowest BCUT2D eigenvalue weighted by Crippen LogP contribution is -2.46. The Morgan fingerprint density at radius 2 is 1.78 bits per heavy atom. The molecule has 0 unspecified atom stereocenters. The van der Waals surface area contributed by atoms with Crippen LogP contribution in [0.3, 0.4) is 0 Å². The van der Waals surface area contributed by atoms with Gasteiger partial charge in [0, 0.05) is 32.4 Å². The van der Waals surface area contributed by atoms with Crippen LogP contribution < -0.4 is 11.1 Å². The quantitative estimate of drug-likeness (QED) is 0.443. The standard InChI is InChI=1S/C11H26N2O4Si/c1-4-9-17-18(15-5-2,16-6-3)10-7-8-13-11(12)14/h4-10H2,1-3H3,(H3,12,13,14). The maximum absolute atomic E-state index is 10.6. The molecule has 0 spiro atoms. The first-order valence-electron chi connectivity index (χ1n) is 6.55. The first kappa shape index (κ1) is 17.4. The number of hydrogen-bond donors (Lipinski definition) is 2. The van der Waals surface area contributed by atoms with Crippen molar-refractivity contribution in [1.82, 2.24) is 5.32 Å². The van der Waals surface area contributed by atoms with Crippen LogP contribution in [-0.2, 0) is 13.3 Å². The highest BCUT2D eigenvalue weighted by Gasteiger charge is 2.39. The van der Waals surface area contributed by atoms with Gasteiger partial charge in [-0.25, -0.2) is 4.79 Å². The van der Waals surface area contributed by atoms with Crippen LogP contribution in [0.25, 0.3) is 0 Å². The zero-order chi connectivity index (χ0) is 13.9. The second kappa shape index (κ2) is 10.3. The van der Waals surface area contributed by atoms with E-state index in [-0.39, 0.29) is 0 Å². The van der Waals surface area contributed by atoms with E-state index in [2.05, 4.69) is 5.32 Å². The van der Waals surface area contributed by atoms with Crippen LogP contribution in [0.1, 0.15) is 33.6 Å². The minimum absolute atomic E-state index is 0.510. The van der Waals surface area contributed by atoms with E-state index in [9.17, 15) is 4.79 Å². The molecular formula is C11H26N2O4Si. The molecule has 0 rings (SSSR count). The Hall–Kier alpha value is -0.633. The molecule has 0 fully saturated rings. The van der Waals surface area contributed by atoms with Crippen molar-refractivity contribution in [2.75, 3.05) is 26.4 Å². The van der Waals surface area contributed by atoms with Gasteiger partial charge in [-0.3, -0.25) is 0 Å². The number of urea groups is 1. The van der Waals surface area contributed by atoms with Gasteiger partial charge in [-0.15, -0.1) is 0 Å². The number of amides is 2. The fourth-order valence-electron chi connectivity index (χ4n) is 1.56. The highest BCUT2D eigenvalue weighted by molar-refractivity contribution is 6.60. The average Bonchev–Trinajstić information content (AvgIpc) is 2.32. The second-order valence-electron chi connectivity index (χ2n) is 3.79. The Labute approximate surface area is 111 Å². The predicted octanol–water partition coefficient (Wildman–Crippen LogP) is 1.48. The molecule has 0 aliphatic heterocycles. The zero-order valence-electron chi connectivity index (χ0n) is 11.7. The molecule has 0 aromatic carbocycles. The van der Waals surface area contributed by atoms with Gasteiger partial charge in [-0.1, -0.05) is 6.92 Å². The molecule has 7 heteroatoms. The van der Waals surface area contributed by atoms with E-state index in [1.165, 1.54) is 0 Å². The number of carbonyl (C=O) groups excluding carboxylic acids is 1. The summed E-state index contributed by atoms with van der Waals surface area (Å²) in [6.45, 7) is 8.19. The maximum Gasteiger partial charge on any atom is 0.501 e. The number of nitrogens with one attached hydrogen (secondary N) is 1. The fourth-order valence-corrected chi connectivity index (χ4v) is 4.24. The normalized spacial score (nSPS) is 11.5. The highest BCUT2D eigenvalue weighted by Crippen LogP contribution is 2.18. The van der Waals surface area contributed by atoms with Gasteiger partial charge in [0.1, 0.15) is 0 Å². The smallest absolute Gasteiger partial charge is 0.374 e. The van der Waals surface area contributed by atoms with Gasteiger partial charge in [-0.05, 0) is 26.7 Å². The maximum atomic E-state index is 10.6. The molecule has 0 aliphatic rings. The monoisotopic (exact) mass is 278 g/mol. The van der Waals surface area contributed by atoms with E-state index < -0.39 is 14.8 Å². The molecule has 6 nitrogen and oxygen atoms in total. The fraction of sp³-hybridized carbons (Fsp3) is 0.909. The highest BCUT2D eigenvalue weighted by atomic mass is 28.4. The molecule has 0 bridgehead atoms. The lowest BCUT2D eigenvalue weighted by atomic mass is 10.5. The first-order valence-corrected chi connectivity index (χ1v) is 8.48. The second-order valence-corrected chi connectivity index (χ2v) is 6.52. The summed E-state index contributed by atoms with van der Waals surface area (Å²) in [7, 11) is -2.58. The SMILES string of the molecule is CCCO[Si](CCCNC(N)=O)(OCC)OCC. The van der Waals surface area contributed by atoms with Crippen molar-refractivity contribution in [2.24, 2.45) is 5.73 Å². The van der Waals surface area contributed by atoms with Crippen molar-refractivity contribution in [2.45, 2.75) is 39.7 Å². The topological polar surface area (TPSA) is 82.8 Å². The zero-order valence-corrected chi connectivity index (χ0v) is 12.7. The van der Waals surface area contributed by atoms with Crippen LogP contribution in [0, 0.1) is 0 Å². The van der Waals surface area contributed by atoms with Gasteiger partial charge in [-0.2, -0.15) is 0 Å². The molecule has 0 radical (unpaired) electrons. The van der Waals surface area contributed by atoms with E-state index in [0.717, 1.165) is 12.8 Å². The van der Waals surface area contributed by atoms with Crippen LogP contribution >= 0.6 is 0 Å². The third-order valence-electron chi connectivity index (χ3n) is 2.21. The molecule has 2 amide bonds. The average molecular weight is 278 g/mol. The summed E-state index contributed by atoms with van der Waals surface area (Å²) in [5.74, 6) is 0. The molecule has 0 atom stereocenters. The summed E-state index contributed by atoms with van der Waals surface area (Å²) in [5.41, 5.74) is 5.01. The summed E-state index contributed by atoms with van der Waals surface area (Å²) in [6, 6.07) is 0.180. The largest absolute Gasteiger partial charge is 0.501 e. The van der Waals surface area contributed by atoms with Gasteiger partial charge in [0.05, 0.1) is 0 Å². The van der Waals surface area contributed by atoms with Crippen LogP contribution in [-0.4, -0.2) is 41.2 Å². The lowest BCUT2D eigenvalue weighted by molar-refractivity contribution is 0.0667. The summed E-state index contributed by atoms with van der Waals surface area (Å²) in [6.07, 6.45) is 1.66. The van der Waals surface area contributed by atoms with Gasteiger partial charge < -0.3 is 24.3 Å². The number of primary amides is 1. The van der Waals surface area contributed by atoms with E-state index in [1.54, 1.807) is 0 Å². The molecular weight excluding hydrogens is 252 g/mol. The van der Waals surface area contributed by atoms with Crippen LogP contribution in [0.2, 0.25) is 6.04 Å². The Bertz CT molecular complexity index is 223. The Balaban J connectivity index is 4.26. The summed E-state index contributed by atoms with van der Waals surface area (Å²) < 4.78 is 17.3. The molecule has 0 saturated heterocycles. The predicted molar refractivity (Wildman–Crippen MR) is 72.3 cm³/mol. The number of rotatable bonds is 11. The van der Waals surface area contributed by atoms with Crippen LogP contribution in [0.4, 0.5) is 4.79 Å². The van der Waals surface area contributed by atoms with Gasteiger partial charge in [0.25, 0.3) is 0 Å². The van der Waals surface area contributed by atoms with E-state index in [0.29, 0.717) is 32.4 Å². The van der Waals surface area contributed by atoms with E-state index in [4.69, 9.17) is 19.0 Å². The molecule has 0 saturated carbocycles. The molecule has 0 aliphatic carbocycles. The van der Waals surface area contributed by atoms with Crippen molar-refractivity contribution < 1.29 is 18.1 Å². The summed E-state index contributed by atoms with van der Waals surface area (Å²) in [4.78, 5) is 10.6. The number of hydrogen-bond acceptors (Lipinski definition) is 4. The van der Waals surface area contributed by atoms with Gasteiger partial charge >= 0.3 is 14.8 Å². The Kier molecular flexibility index (Phi) is 9.94. The van der Waals surface area contributed by atoms with E-state index >= 15 is 0 Å². The van der Waals surface area contributed by atoms with Crippen molar-refractivity contribution in [3.63, 3.8) is 0 Å². The summed E-state index contributed by atoms with van der Waals surface area (Å²) in [5, 5.41) is 2.55. The first-order chi connectivity index (χ1) is 8.60.